The number of aromatic nitrogens is 2. The summed E-state index contributed by atoms with van der Waals surface area (Å²) < 4.78 is 26.1. The smallest absolute Gasteiger partial charge is 0.164 e. The Morgan fingerprint density at radius 3 is 2.38 bits per heavy atom. The summed E-state index contributed by atoms with van der Waals surface area (Å²) in [6.07, 6.45) is 1.63. The van der Waals surface area contributed by atoms with Crippen molar-refractivity contribution in [1.29, 1.82) is 0 Å². The minimum Gasteiger partial charge on any atom is -0.283 e. The Bertz CT molecular complexity index is 381. The Morgan fingerprint density at radius 1 is 1.31 bits per heavy atom. The molecule has 1 aromatic heterocycles. The Labute approximate surface area is 84.2 Å². The molecule has 1 aliphatic heterocycles. The largest absolute Gasteiger partial charge is 0.283 e. The molecule has 0 fully saturated rings. The summed E-state index contributed by atoms with van der Waals surface area (Å²) in [6.45, 7) is 0. The maximum Gasteiger partial charge on any atom is 0.164 e. The van der Waals surface area contributed by atoms with Gasteiger partial charge in [-0.1, -0.05) is 0 Å². The monoisotopic (exact) mass is 266 g/mol. The van der Waals surface area contributed by atoms with Crippen molar-refractivity contribution in [3.63, 3.8) is 0 Å². The van der Waals surface area contributed by atoms with Gasteiger partial charge in [0, 0.05) is 6.20 Å². The number of aromatic amines is 1. The molecule has 1 aliphatic rings. The molecule has 0 radical (unpaired) electrons. The molecule has 0 spiro atoms. The summed E-state index contributed by atoms with van der Waals surface area (Å²) in [5.41, 5.74) is 0. The Hall–Kier alpha value is -0.620. The minimum atomic E-state index is -1.07. The third-order valence-corrected chi connectivity index (χ3v) is 4.30. The summed E-state index contributed by atoms with van der Waals surface area (Å²) in [6, 6.07) is 0. The highest BCUT2D eigenvalue weighted by atomic mass is 79.9. The van der Waals surface area contributed by atoms with Crippen molar-refractivity contribution in [3.8, 4) is 0 Å². The highest BCUT2D eigenvalue weighted by Gasteiger charge is 2.19. The van der Waals surface area contributed by atoms with Crippen LogP contribution >= 0.6 is 26.8 Å². The van der Waals surface area contributed by atoms with Crippen molar-refractivity contribution in [1.82, 2.24) is 10.2 Å². The van der Waals surface area contributed by atoms with E-state index in [0.29, 0.717) is 5.03 Å². The van der Waals surface area contributed by atoms with E-state index >= 15 is 0 Å². The molecule has 1 N–H and O–H groups in total. The molecule has 2 nitrogen and oxygen atoms in total. The second kappa shape index (κ2) is 3.26. The first-order valence-electron chi connectivity index (χ1n) is 3.41. The van der Waals surface area contributed by atoms with Gasteiger partial charge in [-0.2, -0.15) is 16.0 Å². The van der Waals surface area contributed by atoms with E-state index in [1.165, 1.54) is 10.8 Å². The molecule has 0 bridgehead atoms. The first-order chi connectivity index (χ1) is 6.18. The van der Waals surface area contributed by atoms with Crippen LogP contribution in [0.5, 0.6) is 0 Å². The number of allylic oxidation sites excluding steroid dienone is 2. The zero-order chi connectivity index (χ0) is 9.42. The summed E-state index contributed by atoms with van der Waals surface area (Å²) in [5, 5.41) is 9.68. The standard InChI is InChI=1S/C7H5BrF2N2S/c8-4-1-11-12-7(4)13-2-5(9)6(10)3-13/h1-3,13H,(H,11,12). The van der Waals surface area contributed by atoms with Crippen LogP contribution in [0.3, 0.4) is 0 Å². The first-order valence-corrected chi connectivity index (χ1v) is 5.68. The molecule has 2 heterocycles. The average molecular weight is 267 g/mol. The van der Waals surface area contributed by atoms with Crippen molar-refractivity contribution >= 4 is 26.8 Å². The molecule has 70 valence electrons. The van der Waals surface area contributed by atoms with Crippen LogP contribution in [0.4, 0.5) is 8.78 Å². The predicted molar refractivity (Wildman–Crippen MR) is 51.9 cm³/mol. The van der Waals surface area contributed by atoms with Gasteiger partial charge >= 0.3 is 0 Å². The van der Waals surface area contributed by atoms with Crippen LogP contribution in [-0.4, -0.2) is 10.2 Å². The van der Waals surface area contributed by atoms with Gasteiger partial charge in [-0.25, -0.2) is 8.78 Å². The van der Waals surface area contributed by atoms with Gasteiger partial charge in [0.05, 0.1) is 4.47 Å². The van der Waals surface area contributed by atoms with Crippen molar-refractivity contribution < 1.29 is 8.78 Å². The molecule has 1 aromatic rings. The first kappa shape index (κ1) is 8.96. The zero-order valence-corrected chi connectivity index (χ0v) is 8.74. The highest BCUT2D eigenvalue weighted by Crippen LogP contribution is 2.48. The van der Waals surface area contributed by atoms with Crippen LogP contribution in [0, 0.1) is 0 Å². The Kier molecular flexibility index (Phi) is 2.25. The number of thiol groups is 1. The molecule has 6 heteroatoms. The van der Waals surface area contributed by atoms with E-state index in [-0.39, 0.29) is 0 Å². The van der Waals surface area contributed by atoms with E-state index in [0.717, 1.165) is 4.47 Å². The number of halogens is 3. The lowest BCUT2D eigenvalue weighted by Crippen LogP contribution is -1.75. The van der Waals surface area contributed by atoms with Crippen LogP contribution in [0.1, 0.15) is 0 Å². The second-order valence-electron chi connectivity index (χ2n) is 2.42. The predicted octanol–water partition coefficient (Wildman–Crippen LogP) is 3.17. The summed E-state index contributed by atoms with van der Waals surface area (Å²) >= 11 is 3.24. The SMILES string of the molecule is FC1=C[SH](c2n[nH]cc2Br)C=C1F. The fourth-order valence-corrected chi connectivity index (χ4v) is 3.32. The minimum absolute atomic E-state index is 0.651. The highest BCUT2D eigenvalue weighted by molar-refractivity contribution is 9.10. The van der Waals surface area contributed by atoms with Crippen molar-refractivity contribution in [3.05, 3.63) is 33.1 Å². The van der Waals surface area contributed by atoms with E-state index in [2.05, 4.69) is 26.1 Å². The van der Waals surface area contributed by atoms with Gasteiger partial charge in [-0.05, 0) is 26.7 Å². The van der Waals surface area contributed by atoms with E-state index in [4.69, 9.17) is 0 Å². The molecular weight excluding hydrogens is 262 g/mol. The molecule has 0 saturated carbocycles. The van der Waals surface area contributed by atoms with Crippen LogP contribution in [0.15, 0.2) is 38.2 Å². The number of hydrogen-bond donors (Lipinski definition) is 2. The fourth-order valence-electron chi connectivity index (χ4n) is 0.976. The Morgan fingerprint density at radius 2 is 1.92 bits per heavy atom. The lowest BCUT2D eigenvalue weighted by atomic mass is 10.6. The molecule has 0 aromatic carbocycles. The molecule has 0 unspecified atom stereocenters. The summed E-state index contributed by atoms with van der Waals surface area (Å²) in [7, 11) is -1.07. The van der Waals surface area contributed by atoms with Crippen LogP contribution < -0.4 is 0 Å². The summed E-state index contributed by atoms with van der Waals surface area (Å²) in [4.78, 5) is 0. The third kappa shape index (κ3) is 1.55. The molecule has 0 atom stereocenters. The number of H-pyrrole nitrogens is 1. The van der Waals surface area contributed by atoms with Gasteiger partial charge in [0.2, 0.25) is 0 Å². The Balaban J connectivity index is 2.37. The van der Waals surface area contributed by atoms with Crippen molar-refractivity contribution in [2.24, 2.45) is 0 Å². The third-order valence-electron chi connectivity index (χ3n) is 1.55. The number of nitrogens with one attached hydrogen (secondary N) is 1. The quantitative estimate of drug-likeness (QED) is 0.752. The molecule has 0 saturated heterocycles. The van der Waals surface area contributed by atoms with E-state index in [1.807, 2.05) is 0 Å². The lowest BCUT2D eigenvalue weighted by molar-refractivity contribution is 0.551. The number of nitrogens with zero attached hydrogens (tertiary/aromatic N) is 1. The van der Waals surface area contributed by atoms with Crippen molar-refractivity contribution in [2.75, 3.05) is 0 Å². The maximum atomic E-state index is 12.7. The van der Waals surface area contributed by atoms with Gasteiger partial charge in [0.25, 0.3) is 0 Å². The van der Waals surface area contributed by atoms with E-state index in [9.17, 15) is 8.78 Å². The zero-order valence-electron chi connectivity index (χ0n) is 6.26. The van der Waals surface area contributed by atoms with Gasteiger partial charge in [0.1, 0.15) is 5.03 Å². The van der Waals surface area contributed by atoms with E-state index in [1.54, 1.807) is 6.20 Å². The molecule has 0 amide bonds. The van der Waals surface area contributed by atoms with Gasteiger partial charge in [-0.15, -0.1) is 0 Å². The number of hydrogen-bond acceptors (Lipinski definition) is 1. The normalized spacial score (nSPS) is 18.8. The second-order valence-corrected chi connectivity index (χ2v) is 5.03. The van der Waals surface area contributed by atoms with Gasteiger partial charge in [0.15, 0.2) is 11.7 Å². The molecular formula is C7H5BrF2N2S. The molecule has 0 aliphatic carbocycles. The lowest BCUT2D eigenvalue weighted by Gasteiger charge is -2.04. The summed E-state index contributed by atoms with van der Waals surface area (Å²) in [5.74, 6) is -1.58. The van der Waals surface area contributed by atoms with Crippen LogP contribution in [0.2, 0.25) is 0 Å². The van der Waals surface area contributed by atoms with E-state index < -0.39 is 22.5 Å². The van der Waals surface area contributed by atoms with Crippen molar-refractivity contribution in [2.45, 2.75) is 5.03 Å². The van der Waals surface area contributed by atoms with Crippen LogP contribution in [-0.2, 0) is 0 Å². The topological polar surface area (TPSA) is 28.7 Å². The molecule has 13 heavy (non-hydrogen) atoms. The maximum absolute atomic E-state index is 12.7. The van der Waals surface area contributed by atoms with Crippen LogP contribution in [0.25, 0.3) is 0 Å². The average Bonchev–Trinajstić information content (AvgIpc) is 2.60. The number of rotatable bonds is 1. The van der Waals surface area contributed by atoms with Gasteiger partial charge in [-0.3, -0.25) is 5.10 Å². The fraction of sp³-hybridized carbons (Fsp3) is 0. The van der Waals surface area contributed by atoms with Gasteiger partial charge < -0.3 is 0 Å². The molecule has 2 rings (SSSR count).